The van der Waals surface area contributed by atoms with E-state index in [1.54, 1.807) is 18.6 Å². The van der Waals surface area contributed by atoms with E-state index in [2.05, 4.69) is 9.97 Å². The van der Waals surface area contributed by atoms with E-state index in [1.807, 2.05) is 28.8 Å². The van der Waals surface area contributed by atoms with Crippen LogP contribution >= 0.6 is 11.6 Å². The van der Waals surface area contributed by atoms with Gasteiger partial charge in [-0.1, -0.05) is 23.7 Å². The van der Waals surface area contributed by atoms with Crippen molar-refractivity contribution in [2.45, 2.75) is 0 Å². The SMILES string of the molecule is Fc1ccc2ncc3ncn(-c4ccccc4Cl)c3c2c1. The first-order valence-electron chi connectivity index (χ1n) is 6.40. The summed E-state index contributed by atoms with van der Waals surface area (Å²) in [6, 6.07) is 12.0. The molecule has 0 saturated carbocycles. The van der Waals surface area contributed by atoms with Crippen molar-refractivity contribution in [2.75, 3.05) is 0 Å². The summed E-state index contributed by atoms with van der Waals surface area (Å²) in [6.07, 6.45) is 3.36. The average Bonchev–Trinajstić information content (AvgIpc) is 2.92. The lowest BCUT2D eigenvalue weighted by molar-refractivity contribution is 0.629. The highest BCUT2D eigenvalue weighted by Gasteiger charge is 2.12. The molecule has 0 saturated heterocycles. The minimum Gasteiger partial charge on any atom is -0.297 e. The summed E-state index contributed by atoms with van der Waals surface area (Å²) in [6.45, 7) is 0. The Kier molecular flexibility index (Phi) is 2.65. The van der Waals surface area contributed by atoms with Crippen LogP contribution in [-0.4, -0.2) is 14.5 Å². The number of hydrogen-bond acceptors (Lipinski definition) is 2. The molecule has 2 heterocycles. The van der Waals surface area contributed by atoms with E-state index >= 15 is 0 Å². The Bertz CT molecular complexity index is 978. The second-order valence-electron chi connectivity index (χ2n) is 4.72. The summed E-state index contributed by atoms with van der Waals surface area (Å²) in [5.41, 5.74) is 3.02. The average molecular weight is 298 g/mol. The van der Waals surface area contributed by atoms with E-state index in [9.17, 15) is 4.39 Å². The van der Waals surface area contributed by atoms with Crippen molar-refractivity contribution in [3.8, 4) is 5.69 Å². The van der Waals surface area contributed by atoms with Gasteiger partial charge in [0.05, 0.1) is 27.9 Å². The molecule has 21 heavy (non-hydrogen) atoms. The standard InChI is InChI=1S/C16H9ClFN3/c17-12-3-1-2-4-15(12)21-9-20-14-8-19-13-6-5-10(18)7-11(13)16(14)21/h1-9H. The van der Waals surface area contributed by atoms with Crippen molar-refractivity contribution >= 4 is 33.5 Å². The zero-order chi connectivity index (χ0) is 14.4. The van der Waals surface area contributed by atoms with E-state index in [-0.39, 0.29) is 5.82 Å². The number of fused-ring (bicyclic) bond motifs is 3. The molecule has 5 heteroatoms. The molecule has 2 aromatic heterocycles. The van der Waals surface area contributed by atoms with Crippen LogP contribution in [0.5, 0.6) is 0 Å². The van der Waals surface area contributed by atoms with Gasteiger partial charge < -0.3 is 0 Å². The minimum absolute atomic E-state index is 0.302. The molecule has 0 N–H and O–H groups in total. The predicted octanol–water partition coefficient (Wildman–Crippen LogP) is 4.37. The molecular formula is C16H9ClFN3. The summed E-state index contributed by atoms with van der Waals surface area (Å²) in [5.74, 6) is -0.302. The van der Waals surface area contributed by atoms with Gasteiger partial charge in [0.25, 0.3) is 0 Å². The summed E-state index contributed by atoms with van der Waals surface area (Å²) in [7, 11) is 0. The van der Waals surface area contributed by atoms with Gasteiger partial charge in [-0.3, -0.25) is 9.55 Å². The number of rotatable bonds is 1. The number of imidazole rings is 1. The number of para-hydroxylation sites is 1. The predicted molar refractivity (Wildman–Crippen MR) is 81.3 cm³/mol. The Morgan fingerprint density at radius 2 is 1.86 bits per heavy atom. The van der Waals surface area contributed by atoms with Gasteiger partial charge in [-0.05, 0) is 30.3 Å². The number of pyridine rings is 1. The lowest BCUT2D eigenvalue weighted by Gasteiger charge is -2.08. The van der Waals surface area contributed by atoms with Crippen molar-refractivity contribution in [2.24, 2.45) is 0 Å². The van der Waals surface area contributed by atoms with Crippen molar-refractivity contribution in [1.82, 2.24) is 14.5 Å². The van der Waals surface area contributed by atoms with E-state index in [0.29, 0.717) is 15.9 Å². The molecule has 102 valence electrons. The Balaban J connectivity index is 2.16. The van der Waals surface area contributed by atoms with Crippen LogP contribution in [0.25, 0.3) is 27.6 Å². The van der Waals surface area contributed by atoms with Crippen molar-refractivity contribution in [3.63, 3.8) is 0 Å². The van der Waals surface area contributed by atoms with Gasteiger partial charge in [0.15, 0.2) is 0 Å². The molecule has 4 rings (SSSR count). The first-order chi connectivity index (χ1) is 10.2. The normalized spacial score (nSPS) is 11.3. The Labute approximate surface area is 124 Å². The van der Waals surface area contributed by atoms with Crippen LogP contribution in [0, 0.1) is 5.82 Å². The molecule has 0 aliphatic heterocycles. The Hall–Kier alpha value is -2.46. The van der Waals surface area contributed by atoms with Crippen LogP contribution < -0.4 is 0 Å². The van der Waals surface area contributed by atoms with Crippen molar-refractivity contribution < 1.29 is 4.39 Å². The van der Waals surface area contributed by atoms with Gasteiger partial charge in [-0.2, -0.15) is 0 Å². The van der Waals surface area contributed by atoms with Gasteiger partial charge in [0.2, 0.25) is 0 Å². The van der Waals surface area contributed by atoms with E-state index in [0.717, 1.165) is 16.7 Å². The van der Waals surface area contributed by atoms with Crippen LogP contribution in [-0.2, 0) is 0 Å². The fourth-order valence-electron chi connectivity index (χ4n) is 2.50. The quantitative estimate of drug-likeness (QED) is 0.522. The highest BCUT2D eigenvalue weighted by Crippen LogP contribution is 2.28. The summed E-state index contributed by atoms with van der Waals surface area (Å²) < 4.78 is 15.5. The second-order valence-corrected chi connectivity index (χ2v) is 5.13. The maximum atomic E-state index is 13.6. The fraction of sp³-hybridized carbons (Fsp3) is 0. The van der Waals surface area contributed by atoms with Crippen LogP contribution in [0.2, 0.25) is 5.02 Å². The highest BCUT2D eigenvalue weighted by atomic mass is 35.5. The molecule has 0 aliphatic carbocycles. The molecule has 4 aromatic rings. The van der Waals surface area contributed by atoms with E-state index < -0.39 is 0 Å². The number of halogens is 2. The topological polar surface area (TPSA) is 30.7 Å². The molecule has 0 unspecified atom stereocenters. The molecule has 0 radical (unpaired) electrons. The molecule has 0 fully saturated rings. The zero-order valence-electron chi connectivity index (χ0n) is 10.8. The lowest BCUT2D eigenvalue weighted by Crippen LogP contribution is -1.94. The minimum atomic E-state index is -0.302. The summed E-state index contributed by atoms with van der Waals surface area (Å²) in [5, 5.41) is 1.32. The fourth-order valence-corrected chi connectivity index (χ4v) is 2.72. The van der Waals surface area contributed by atoms with Crippen LogP contribution in [0.4, 0.5) is 4.39 Å². The molecule has 0 aliphatic rings. The van der Waals surface area contributed by atoms with Gasteiger partial charge in [-0.15, -0.1) is 0 Å². The number of benzene rings is 2. The van der Waals surface area contributed by atoms with E-state index in [1.165, 1.54) is 12.1 Å². The molecule has 0 bridgehead atoms. The Morgan fingerprint density at radius 1 is 1.00 bits per heavy atom. The summed E-state index contributed by atoms with van der Waals surface area (Å²) >= 11 is 6.26. The van der Waals surface area contributed by atoms with Crippen LogP contribution in [0.1, 0.15) is 0 Å². The Morgan fingerprint density at radius 3 is 2.71 bits per heavy atom. The first-order valence-corrected chi connectivity index (χ1v) is 6.78. The number of hydrogen-bond donors (Lipinski definition) is 0. The van der Waals surface area contributed by atoms with Gasteiger partial charge >= 0.3 is 0 Å². The maximum absolute atomic E-state index is 13.6. The van der Waals surface area contributed by atoms with Crippen molar-refractivity contribution in [1.29, 1.82) is 0 Å². The maximum Gasteiger partial charge on any atom is 0.124 e. The highest BCUT2D eigenvalue weighted by molar-refractivity contribution is 6.32. The van der Waals surface area contributed by atoms with Gasteiger partial charge in [0.1, 0.15) is 17.7 Å². The van der Waals surface area contributed by atoms with E-state index in [4.69, 9.17) is 11.6 Å². The van der Waals surface area contributed by atoms with Crippen molar-refractivity contribution in [3.05, 3.63) is 65.8 Å². The molecule has 0 atom stereocenters. The third-order valence-electron chi connectivity index (χ3n) is 3.45. The summed E-state index contributed by atoms with van der Waals surface area (Å²) in [4.78, 5) is 8.64. The van der Waals surface area contributed by atoms with Crippen LogP contribution in [0.3, 0.4) is 0 Å². The molecule has 0 amide bonds. The smallest absolute Gasteiger partial charge is 0.124 e. The largest absolute Gasteiger partial charge is 0.297 e. The monoisotopic (exact) mass is 297 g/mol. The third kappa shape index (κ3) is 1.87. The lowest BCUT2D eigenvalue weighted by atomic mass is 10.2. The number of aromatic nitrogens is 3. The zero-order valence-corrected chi connectivity index (χ0v) is 11.5. The molecule has 0 spiro atoms. The molecule has 3 nitrogen and oxygen atoms in total. The second kappa shape index (κ2) is 4.53. The van der Waals surface area contributed by atoms with Gasteiger partial charge in [0, 0.05) is 5.39 Å². The molecular weight excluding hydrogens is 289 g/mol. The first kappa shape index (κ1) is 12.3. The number of nitrogens with zero attached hydrogens (tertiary/aromatic N) is 3. The third-order valence-corrected chi connectivity index (χ3v) is 3.77. The van der Waals surface area contributed by atoms with Gasteiger partial charge in [-0.25, -0.2) is 9.37 Å². The van der Waals surface area contributed by atoms with Crippen LogP contribution in [0.15, 0.2) is 55.0 Å². The molecule has 2 aromatic carbocycles.